The minimum atomic E-state index is -0.123. The third kappa shape index (κ3) is 2.98. The number of nitrogens with one attached hydrogen (secondary N) is 1. The minimum Gasteiger partial charge on any atom is -0.493 e. The van der Waals surface area contributed by atoms with Gasteiger partial charge in [0.15, 0.2) is 0 Å². The van der Waals surface area contributed by atoms with Crippen LogP contribution in [-0.2, 0) is 4.79 Å². The molecule has 5 heteroatoms. The van der Waals surface area contributed by atoms with Crippen LogP contribution in [0.15, 0.2) is 29.6 Å². The average Bonchev–Trinajstić information content (AvgIpc) is 3.33. The molecular formula is C18H20N2O2S. The molecule has 0 radical (unpaired) electrons. The fourth-order valence-corrected chi connectivity index (χ4v) is 4.13. The van der Waals surface area contributed by atoms with E-state index >= 15 is 0 Å². The highest BCUT2D eigenvalue weighted by Crippen LogP contribution is 2.43. The Morgan fingerprint density at radius 3 is 2.91 bits per heavy atom. The Hall–Kier alpha value is -1.88. The molecule has 1 amide bonds. The molecule has 1 N–H and O–H groups in total. The van der Waals surface area contributed by atoms with Crippen molar-refractivity contribution in [2.45, 2.75) is 38.1 Å². The van der Waals surface area contributed by atoms with E-state index in [-0.39, 0.29) is 17.9 Å². The molecule has 2 aliphatic rings. The summed E-state index contributed by atoms with van der Waals surface area (Å²) in [6.07, 6.45) is 3.08. The number of para-hydroxylation sites is 1. The van der Waals surface area contributed by atoms with E-state index < -0.39 is 0 Å². The van der Waals surface area contributed by atoms with Crippen molar-refractivity contribution >= 4 is 17.2 Å². The van der Waals surface area contributed by atoms with Crippen molar-refractivity contribution < 1.29 is 9.53 Å². The Morgan fingerprint density at radius 2 is 2.17 bits per heavy atom. The van der Waals surface area contributed by atoms with Gasteiger partial charge in [-0.1, -0.05) is 18.2 Å². The summed E-state index contributed by atoms with van der Waals surface area (Å²) in [7, 11) is 0. The first-order chi connectivity index (χ1) is 11.2. The van der Waals surface area contributed by atoms with Crippen molar-refractivity contribution in [2.75, 3.05) is 6.61 Å². The van der Waals surface area contributed by atoms with E-state index in [1.807, 2.05) is 31.2 Å². The first-order valence-electron chi connectivity index (χ1n) is 8.16. The van der Waals surface area contributed by atoms with E-state index in [0.717, 1.165) is 28.4 Å². The van der Waals surface area contributed by atoms with E-state index in [0.29, 0.717) is 12.5 Å². The first kappa shape index (κ1) is 14.7. The molecule has 0 spiro atoms. The van der Waals surface area contributed by atoms with E-state index in [1.54, 1.807) is 11.3 Å². The van der Waals surface area contributed by atoms with Crippen LogP contribution in [0.5, 0.6) is 5.75 Å². The Labute approximate surface area is 139 Å². The Kier molecular flexibility index (Phi) is 3.81. The number of rotatable bonds is 4. The molecule has 2 heterocycles. The molecule has 1 aromatic carbocycles. The van der Waals surface area contributed by atoms with Crippen LogP contribution in [0.3, 0.4) is 0 Å². The van der Waals surface area contributed by atoms with Crippen molar-refractivity contribution in [3.8, 4) is 5.75 Å². The number of hydrogen-bond donors (Lipinski definition) is 1. The molecule has 1 fully saturated rings. The van der Waals surface area contributed by atoms with E-state index in [4.69, 9.17) is 4.74 Å². The number of amides is 1. The summed E-state index contributed by atoms with van der Waals surface area (Å²) < 4.78 is 5.67. The second-order valence-corrected chi connectivity index (χ2v) is 7.27. The minimum absolute atomic E-state index is 0.0659. The maximum absolute atomic E-state index is 12.9. The van der Waals surface area contributed by atoms with Crippen LogP contribution >= 0.6 is 11.3 Å². The number of carbonyl (C=O) groups excluding carboxylic acids is 1. The van der Waals surface area contributed by atoms with Gasteiger partial charge in [-0.05, 0) is 38.2 Å². The van der Waals surface area contributed by atoms with E-state index in [2.05, 4.69) is 15.7 Å². The van der Waals surface area contributed by atoms with Crippen LogP contribution in [0.1, 0.15) is 47.5 Å². The third-order valence-corrected chi connectivity index (χ3v) is 5.61. The first-order valence-corrected chi connectivity index (χ1v) is 9.04. The molecular weight excluding hydrogens is 308 g/mol. The van der Waals surface area contributed by atoms with Crippen molar-refractivity contribution in [1.29, 1.82) is 0 Å². The van der Waals surface area contributed by atoms with Crippen molar-refractivity contribution in [2.24, 2.45) is 5.92 Å². The lowest BCUT2D eigenvalue weighted by atomic mass is 9.92. The van der Waals surface area contributed by atoms with Crippen LogP contribution in [0.4, 0.5) is 0 Å². The van der Waals surface area contributed by atoms with Gasteiger partial charge in [0.25, 0.3) is 0 Å². The summed E-state index contributed by atoms with van der Waals surface area (Å²) in [5.41, 5.74) is 2.03. The van der Waals surface area contributed by atoms with Crippen molar-refractivity contribution in [3.05, 3.63) is 45.9 Å². The summed E-state index contributed by atoms with van der Waals surface area (Å²) in [4.78, 5) is 17.5. The molecule has 1 aromatic heterocycles. The SMILES string of the molecule is Cc1csc(C(NC(=O)C2CCOc3ccccc32)C2CC2)n1. The normalized spacial score (nSPS) is 21.2. The number of fused-ring (bicyclic) bond motifs is 1. The summed E-state index contributed by atoms with van der Waals surface area (Å²) >= 11 is 1.65. The standard InChI is InChI=1S/C18H20N2O2S/c1-11-10-23-18(19-11)16(12-6-7-12)20-17(21)14-8-9-22-15-5-3-2-4-13(14)15/h2-5,10,12,14,16H,6-9H2,1H3,(H,20,21). The maximum atomic E-state index is 12.9. The molecule has 1 saturated carbocycles. The second kappa shape index (κ2) is 5.96. The number of ether oxygens (including phenoxy) is 1. The fraction of sp³-hybridized carbons (Fsp3) is 0.444. The fourth-order valence-electron chi connectivity index (χ4n) is 3.19. The third-order valence-electron chi connectivity index (χ3n) is 4.57. The topological polar surface area (TPSA) is 51.2 Å². The Bertz CT molecular complexity index is 723. The highest BCUT2D eigenvalue weighted by molar-refractivity contribution is 7.09. The highest BCUT2D eigenvalue weighted by Gasteiger charge is 2.37. The zero-order chi connectivity index (χ0) is 15.8. The van der Waals surface area contributed by atoms with Crippen LogP contribution in [0.25, 0.3) is 0 Å². The summed E-state index contributed by atoms with van der Waals surface area (Å²) in [6.45, 7) is 2.60. The number of aromatic nitrogens is 1. The molecule has 4 nitrogen and oxygen atoms in total. The number of nitrogens with zero attached hydrogens (tertiary/aromatic N) is 1. The van der Waals surface area contributed by atoms with Crippen molar-refractivity contribution in [3.63, 3.8) is 0 Å². The molecule has 1 aliphatic carbocycles. The smallest absolute Gasteiger partial charge is 0.228 e. The predicted octanol–water partition coefficient (Wildman–Crippen LogP) is 3.59. The zero-order valence-corrected chi connectivity index (χ0v) is 13.9. The average molecular weight is 328 g/mol. The van der Waals surface area contributed by atoms with Gasteiger partial charge in [0.05, 0.1) is 18.6 Å². The van der Waals surface area contributed by atoms with E-state index in [1.165, 1.54) is 12.8 Å². The lowest BCUT2D eigenvalue weighted by Gasteiger charge is -2.27. The molecule has 0 bridgehead atoms. The molecule has 2 unspecified atom stereocenters. The predicted molar refractivity (Wildman–Crippen MR) is 89.8 cm³/mol. The maximum Gasteiger partial charge on any atom is 0.228 e. The Balaban J connectivity index is 1.55. The lowest BCUT2D eigenvalue weighted by Crippen LogP contribution is -2.36. The molecule has 2 aromatic rings. The Morgan fingerprint density at radius 1 is 1.35 bits per heavy atom. The van der Waals surface area contributed by atoms with Gasteiger partial charge in [-0.3, -0.25) is 4.79 Å². The van der Waals surface area contributed by atoms with Gasteiger partial charge in [0, 0.05) is 16.6 Å². The molecule has 2 atom stereocenters. The van der Waals surface area contributed by atoms with Gasteiger partial charge in [-0.15, -0.1) is 11.3 Å². The monoisotopic (exact) mass is 328 g/mol. The zero-order valence-electron chi connectivity index (χ0n) is 13.1. The summed E-state index contributed by atoms with van der Waals surface area (Å²) in [6, 6.07) is 7.92. The van der Waals surface area contributed by atoms with Crippen LogP contribution < -0.4 is 10.1 Å². The van der Waals surface area contributed by atoms with E-state index in [9.17, 15) is 4.79 Å². The second-order valence-electron chi connectivity index (χ2n) is 6.38. The summed E-state index contributed by atoms with van der Waals surface area (Å²) in [5, 5.41) is 6.37. The molecule has 0 saturated heterocycles. The molecule has 4 rings (SSSR count). The highest BCUT2D eigenvalue weighted by atomic mass is 32.1. The lowest BCUT2D eigenvalue weighted by molar-refractivity contribution is -0.124. The van der Waals surface area contributed by atoms with Gasteiger partial charge in [0.2, 0.25) is 5.91 Å². The van der Waals surface area contributed by atoms with Crippen LogP contribution in [0, 0.1) is 12.8 Å². The van der Waals surface area contributed by atoms with Gasteiger partial charge < -0.3 is 10.1 Å². The largest absolute Gasteiger partial charge is 0.493 e. The summed E-state index contributed by atoms with van der Waals surface area (Å²) in [5.74, 6) is 1.36. The van der Waals surface area contributed by atoms with Gasteiger partial charge in [-0.25, -0.2) is 4.98 Å². The van der Waals surface area contributed by atoms with Gasteiger partial charge >= 0.3 is 0 Å². The number of hydrogen-bond acceptors (Lipinski definition) is 4. The van der Waals surface area contributed by atoms with Gasteiger partial charge in [0.1, 0.15) is 10.8 Å². The van der Waals surface area contributed by atoms with Crippen molar-refractivity contribution in [1.82, 2.24) is 10.3 Å². The van der Waals surface area contributed by atoms with Gasteiger partial charge in [-0.2, -0.15) is 0 Å². The molecule has 23 heavy (non-hydrogen) atoms. The number of carbonyl (C=O) groups is 1. The molecule has 1 aliphatic heterocycles. The number of thiazole rings is 1. The number of benzene rings is 1. The van der Waals surface area contributed by atoms with Crippen LogP contribution in [0.2, 0.25) is 0 Å². The quantitative estimate of drug-likeness (QED) is 0.933. The molecule has 120 valence electrons. The van der Waals surface area contributed by atoms with Crippen LogP contribution in [-0.4, -0.2) is 17.5 Å². The number of aryl methyl sites for hydroxylation is 1.